The molecular formula is C2H3IMg. The summed E-state index contributed by atoms with van der Waals surface area (Å²) in [6.07, 6.45) is 0. The van der Waals surface area contributed by atoms with Crippen LogP contribution in [0.4, 0.5) is 0 Å². The van der Waals surface area contributed by atoms with Gasteiger partial charge in [0.05, 0.1) is 0 Å². The summed E-state index contributed by atoms with van der Waals surface area (Å²) in [5, 5.41) is 0. The van der Waals surface area contributed by atoms with E-state index in [0.29, 0.717) is 0 Å². The van der Waals surface area contributed by atoms with Gasteiger partial charge in [0.1, 0.15) is 0 Å². The van der Waals surface area contributed by atoms with E-state index in [-0.39, 0.29) is 47.0 Å². The van der Waals surface area contributed by atoms with Crippen molar-refractivity contribution in [2.24, 2.45) is 0 Å². The Labute approximate surface area is 59.8 Å². The Morgan fingerprint density at radius 1 is 1.25 bits per heavy atom. The maximum atomic E-state index is 4.25. The van der Waals surface area contributed by atoms with Crippen LogP contribution in [-0.2, 0) is 0 Å². The zero-order valence-corrected chi connectivity index (χ0v) is 5.94. The van der Waals surface area contributed by atoms with Crippen molar-refractivity contribution in [2.75, 3.05) is 0 Å². The van der Waals surface area contributed by atoms with Gasteiger partial charge >= 0.3 is 23.1 Å². The van der Waals surface area contributed by atoms with Crippen molar-refractivity contribution >= 4 is 23.1 Å². The van der Waals surface area contributed by atoms with Gasteiger partial charge in [0.2, 0.25) is 0 Å². The number of hydrogen-bond donors (Lipinski definition) is 0. The van der Waals surface area contributed by atoms with E-state index >= 15 is 0 Å². The summed E-state index contributed by atoms with van der Waals surface area (Å²) in [6.45, 7) is 7.00. The van der Waals surface area contributed by atoms with Crippen LogP contribution < -0.4 is 24.0 Å². The van der Waals surface area contributed by atoms with Crippen LogP contribution in [-0.4, -0.2) is 23.1 Å². The van der Waals surface area contributed by atoms with E-state index in [4.69, 9.17) is 0 Å². The molecular weight excluding hydrogens is 175 g/mol. The minimum atomic E-state index is 0. The summed E-state index contributed by atoms with van der Waals surface area (Å²) < 4.78 is 0. The van der Waals surface area contributed by atoms with Gasteiger partial charge in [-0.2, -0.15) is 0 Å². The van der Waals surface area contributed by atoms with Crippen LogP contribution in [0.5, 0.6) is 0 Å². The molecule has 0 unspecified atom stereocenters. The van der Waals surface area contributed by atoms with Crippen LogP contribution in [0.3, 0.4) is 0 Å². The first-order valence-corrected chi connectivity index (χ1v) is 0.408. The van der Waals surface area contributed by atoms with Gasteiger partial charge in [-0.15, -0.1) is 0 Å². The van der Waals surface area contributed by atoms with Crippen LogP contribution in [0.15, 0.2) is 6.58 Å². The zero-order chi connectivity index (χ0) is 2.00. The summed E-state index contributed by atoms with van der Waals surface area (Å²) in [7, 11) is 0. The predicted molar refractivity (Wildman–Crippen MR) is 15.7 cm³/mol. The minimum Gasteiger partial charge on any atom is -1.00 e. The van der Waals surface area contributed by atoms with Gasteiger partial charge < -0.3 is 30.6 Å². The molecule has 0 spiro atoms. The molecule has 0 N–H and O–H groups in total. The van der Waals surface area contributed by atoms with Gasteiger partial charge in [-0.3, -0.25) is 6.58 Å². The zero-order valence-electron chi connectivity index (χ0n) is 2.37. The first kappa shape index (κ1) is 18.8. The average Bonchev–Trinajstić information content (AvgIpc) is 1.00. The molecule has 0 heterocycles. The van der Waals surface area contributed by atoms with Crippen molar-refractivity contribution < 1.29 is 24.0 Å². The van der Waals surface area contributed by atoms with Gasteiger partial charge in [0.25, 0.3) is 0 Å². The molecule has 0 bridgehead atoms. The smallest absolute Gasteiger partial charge is 1.00 e. The predicted octanol–water partition coefficient (Wildman–Crippen LogP) is -2.77. The first-order chi connectivity index (χ1) is 1.00. The summed E-state index contributed by atoms with van der Waals surface area (Å²) in [6, 6.07) is 0. The fraction of sp³-hybridized carbons (Fsp3) is 0. The Kier molecular flexibility index (Phi) is 136. The van der Waals surface area contributed by atoms with Gasteiger partial charge in [-0.05, 0) is 0 Å². The van der Waals surface area contributed by atoms with E-state index in [1.807, 2.05) is 0 Å². The molecule has 0 saturated heterocycles. The van der Waals surface area contributed by atoms with E-state index in [9.17, 15) is 0 Å². The largest absolute Gasteiger partial charge is 2.00 e. The molecule has 0 fully saturated rings. The van der Waals surface area contributed by atoms with E-state index in [1.165, 1.54) is 0 Å². The molecule has 0 nitrogen and oxygen atoms in total. The Morgan fingerprint density at radius 3 is 1.25 bits per heavy atom. The van der Waals surface area contributed by atoms with Gasteiger partial charge in [-0.25, -0.2) is 0 Å². The van der Waals surface area contributed by atoms with E-state index in [1.54, 1.807) is 0 Å². The van der Waals surface area contributed by atoms with Crippen LogP contribution >= 0.6 is 0 Å². The van der Waals surface area contributed by atoms with Gasteiger partial charge in [0.15, 0.2) is 0 Å². The first-order valence-electron chi connectivity index (χ1n) is 0.408. The van der Waals surface area contributed by atoms with Crippen LogP contribution in [0.1, 0.15) is 0 Å². The summed E-state index contributed by atoms with van der Waals surface area (Å²) in [4.78, 5) is 0. The van der Waals surface area contributed by atoms with Crippen molar-refractivity contribution in [3.63, 3.8) is 0 Å². The summed E-state index contributed by atoms with van der Waals surface area (Å²) in [5.74, 6) is 0. The second kappa shape index (κ2) is 29.0. The van der Waals surface area contributed by atoms with Crippen molar-refractivity contribution in [3.05, 3.63) is 13.2 Å². The topological polar surface area (TPSA) is 0 Å². The molecule has 2 heteroatoms. The fourth-order valence-corrected chi connectivity index (χ4v) is 0. The van der Waals surface area contributed by atoms with Gasteiger partial charge in [-0.1, -0.05) is 0 Å². The Balaban J connectivity index is -0.00000000500. The number of hydrogen-bond acceptors (Lipinski definition) is 0. The quantitative estimate of drug-likeness (QED) is 0.214. The fourth-order valence-electron chi connectivity index (χ4n) is 0. The van der Waals surface area contributed by atoms with E-state index in [2.05, 4.69) is 13.2 Å². The molecule has 0 aromatic carbocycles. The normalized spacial score (nSPS) is 1.00. The Morgan fingerprint density at radius 2 is 1.25 bits per heavy atom. The van der Waals surface area contributed by atoms with Gasteiger partial charge in [0, 0.05) is 0 Å². The third-order valence-corrected chi connectivity index (χ3v) is 0. The molecule has 0 saturated carbocycles. The van der Waals surface area contributed by atoms with E-state index in [0.717, 1.165) is 0 Å². The van der Waals surface area contributed by atoms with Crippen molar-refractivity contribution in [1.82, 2.24) is 0 Å². The maximum Gasteiger partial charge on any atom is 2.00 e. The maximum absolute atomic E-state index is 4.25. The molecule has 0 atom stereocenters. The number of halogens is 1. The molecule has 0 radical (unpaired) electrons. The standard InChI is InChI=1S/C2H3.HI.Mg/c1-2;;/h1H,2H2;1H;/q-1;;+2/p-1. The van der Waals surface area contributed by atoms with Crippen molar-refractivity contribution in [2.45, 2.75) is 0 Å². The second-order valence-electron chi connectivity index (χ2n) is 0. The van der Waals surface area contributed by atoms with Crippen LogP contribution in [0, 0.1) is 6.58 Å². The molecule has 0 aliphatic heterocycles. The molecule has 0 rings (SSSR count). The molecule has 0 aromatic heterocycles. The number of rotatable bonds is 0. The molecule has 4 heavy (non-hydrogen) atoms. The molecule has 0 amide bonds. The monoisotopic (exact) mass is 178 g/mol. The van der Waals surface area contributed by atoms with Crippen LogP contribution in [0.2, 0.25) is 0 Å². The molecule has 0 aromatic rings. The molecule has 20 valence electrons. The van der Waals surface area contributed by atoms with Crippen molar-refractivity contribution in [1.29, 1.82) is 0 Å². The summed E-state index contributed by atoms with van der Waals surface area (Å²) in [5.41, 5.74) is 0. The summed E-state index contributed by atoms with van der Waals surface area (Å²) >= 11 is 0. The average molecular weight is 178 g/mol. The van der Waals surface area contributed by atoms with Crippen LogP contribution in [0.25, 0.3) is 0 Å². The third-order valence-electron chi connectivity index (χ3n) is 0. The Bertz CT molecular complexity index is 6.00. The van der Waals surface area contributed by atoms with Crippen molar-refractivity contribution in [3.8, 4) is 0 Å². The third kappa shape index (κ3) is 10.6. The SMILES string of the molecule is [CH-]=C.[I-].[Mg+2]. The second-order valence-corrected chi connectivity index (χ2v) is 0. The Hall–Kier alpha value is 1.24. The molecule has 0 aliphatic carbocycles. The van der Waals surface area contributed by atoms with E-state index < -0.39 is 0 Å². The molecule has 0 aliphatic rings. The minimum absolute atomic E-state index is 0.